The van der Waals surface area contributed by atoms with E-state index in [9.17, 15) is 9.59 Å². The number of rotatable bonds is 3. The summed E-state index contributed by atoms with van der Waals surface area (Å²) in [5.41, 5.74) is -0.575. The van der Waals surface area contributed by atoms with Gasteiger partial charge in [-0.1, -0.05) is 5.16 Å². The van der Waals surface area contributed by atoms with E-state index in [2.05, 4.69) is 15.5 Å². The average Bonchev–Trinajstić information content (AvgIpc) is 2.90. The van der Waals surface area contributed by atoms with Crippen molar-refractivity contribution in [2.24, 2.45) is 0 Å². The van der Waals surface area contributed by atoms with E-state index in [0.717, 1.165) is 12.8 Å². The summed E-state index contributed by atoms with van der Waals surface area (Å²) in [6.07, 6.45) is 0.997. The van der Waals surface area contributed by atoms with Crippen LogP contribution in [0.2, 0.25) is 0 Å². The van der Waals surface area contributed by atoms with Crippen molar-refractivity contribution in [3.05, 3.63) is 11.7 Å². The van der Waals surface area contributed by atoms with Gasteiger partial charge in [0.25, 0.3) is 0 Å². The van der Waals surface area contributed by atoms with Gasteiger partial charge in [0.15, 0.2) is 5.82 Å². The highest BCUT2D eigenvalue weighted by Crippen LogP contribution is 2.25. The molecule has 0 unspecified atom stereocenters. The third kappa shape index (κ3) is 5.22. The monoisotopic (exact) mass is 324 g/mol. The predicted octanol–water partition coefficient (Wildman–Crippen LogP) is 1.61. The second-order valence-corrected chi connectivity index (χ2v) is 6.68. The Hall–Kier alpha value is -2.12. The summed E-state index contributed by atoms with van der Waals surface area (Å²) in [7, 11) is 0. The van der Waals surface area contributed by atoms with Gasteiger partial charge in [0, 0.05) is 25.9 Å². The SMILES string of the molecule is Cc1nc(C2CCN(C(=O)CNC(=O)OC(C)(C)C)CC2)no1. The quantitative estimate of drug-likeness (QED) is 0.907. The zero-order valence-electron chi connectivity index (χ0n) is 14.1. The number of carbonyl (C=O) groups excluding carboxylic acids is 2. The highest BCUT2D eigenvalue weighted by atomic mass is 16.6. The lowest BCUT2D eigenvalue weighted by Gasteiger charge is -2.30. The maximum absolute atomic E-state index is 12.1. The molecule has 2 rings (SSSR count). The van der Waals surface area contributed by atoms with E-state index in [0.29, 0.717) is 24.8 Å². The Morgan fingerprint density at radius 3 is 2.52 bits per heavy atom. The molecule has 0 bridgehead atoms. The number of carbonyl (C=O) groups is 2. The van der Waals surface area contributed by atoms with Crippen LogP contribution in [0.25, 0.3) is 0 Å². The number of nitrogens with one attached hydrogen (secondary N) is 1. The Bertz CT molecular complexity index is 556. The van der Waals surface area contributed by atoms with Gasteiger partial charge in [-0.25, -0.2) is 4.79 Å². The van der Waals surface area contributed by atoms with Gasteiger partial charge in [0.2, 0.25) is 11.8 Å². The number of amides is 2. The summed E-state index contributed by atoms with van der Waals surface area (Å²) >= 11 is 0. The molecule has 0 aliphatic carbocycles. The van der Waals surface area contributed by atoms with E-state index in [1.807, 2.05) is 0 Å². The Morgan fingerprint density at radius 1 is 1.35 bits per heavy atom. The number of alkyl carbamates (subject to hydrolysis) is 1. The van der Waals surface area contributed by atoms with E-state index >= 15 is 0 Å². The van der Waals surface area contributed by atoms with Gasteiger partial charge < -0.3 is 19.5 Å². The highest BCUT2D eigenvalue weighted by molar-refractivity contribution is 5.82. The van der Waals surface area contributed by atoms with E-state index in [1.165, 1.54) is 0 Å². The molecule has 8 nitrogen and oxygen atoms in total. The third-order valence-electron chi connectivity index (χ3n) is 3.54. The molecule has 1 aliphatic heterocycles. The molecule has 0 radical (unpaired) electrons. The van der Waals surface area contributed by atoms with Crippen molar-refractivity contribution < 1.29 is 18.8 Å². The molecule has 0 spiro atoms. The first-order chi connectivity index (χ1) is 10.7. The lowest BCUT2D eigenvalue weighted by atomic mass is 9.96. The molecule has 1 fully saturated rings. The minimum atomic E-state index is -0.581. The molecule has 1 aromatic rings. The standard InChI is InChI=1S/C15H24N4O4/c1-10-17-13(18-23-10)11-5-7-19(8-6-11)12(20)9-16-14(21)22-15(2,3)4/h11H,5-9H2,1-4H3,(H,16,21). The lowest BCUT2D eigenvalue weighted by Crippen LogP contribution is -2.44. The minimum Gasteiger partial charge on any atom is -0.444 e. The van der Waals surface area contributed by atoms with E-state index in [1.54, 1.807) is 32.6 Å². The molecule has 2 amide bonds. The molecule has 1 N–H and O–H groups in total. The van der Waals surface area contributed by atoms with E-state index in [4.69, 9.17) is 9.26 Å². The first-order valence-electron chi connectivity index (χ1n) is 7.79. The van der Waals surface area contributed by atoms with Gasteiger partial charge in [-0.3, -0.25) is 4.79 Å². The number of piperidine rings is 1. The smallest absolute Gasteiger partial charge is 0.408 e. The molecule has 128 valence electrons. The topological polar surface area (TPSA) is 97.6 Å². The largest absolute Gasteiger partial charge is 0.444 e. The first-order valence-corrected chi connectivity index (χ1v) is 7.79. The van der Waals surface area contributed by atoms with E-state index in [-0.39, 0.29) is 18.4 Å². The zero-order valence-corrected chi connectivity index (χ0v) is 14.1. The van der Waals surface area contributed by atoms with Crippen LogP contribution in [0, 0.1) is 6.92 Å². The summed E-state index contributed by atoms with van der Waals surface area (Å²) in [5.74, 6) is 1.37. The molecule has 0 saturated carbocycles. The minimum absolute atomic E-state index is 0.0547. The normalized spacial score (nSPS) is 16.3. The van der Waals surface area contributed by atoms with Gasteiger partial charge in [-0.2, -0.15) is 4.98 Å². The number of nitrogens with zero attached hydrogens (tertiary/aromatic N) is 3. The fourth-order valence-electron chi connectivity index (χ4n) is 2.44. The summed E-state index contributed by atoms with van der Waals surface area (Å²) in [6, 6.07) is 0. The summed E-state index contributed by atoms with van der Waals surface area (Å²) in [5, 5.41) is 6.43. The van der Waals surface area contributed by atoms with Crippen LogP contribution in [-0.4, -0.2) is 52.3 Å². The van der Waals surface area contributed by atoms with Crippen LogP contribution in [0.15, 0.2) is 4.52 Å². The van der Waals surface area contributed by atoms with Gasteiger partial charge in [-0.15, -0.1) is 0 Å². The second kappa shape index (κ2) is 6.97. The molecule has 1 saturated heterocycles. The molecule has 8 heteroatoms. The van der Waals surface area contributed by atoms with Crippen molar-refractivity contribution in [1.82, 2.24) is 20.4 Å². The van der Waals surface area contributed by atoms with Crippen LogP contribution in [0.3, 0.4) is 0 Å². The molecular weight excluding hydrogens is 300 g/mol. The highest BCUT2D eigenvalue weighted by Gasteiger charge is 2.27. The van der Waals surface area contributed by atoms with E-state index < -0.39 is 11.7 Å². The van der Waals surface area contributed by atoms with Crippen LogP contribution in [0.5, 0.6) is 0 Å². The van der Waals surface area contributed by atoms with Gasteiger partial charge >= 0.3 is 6.09 Å². The molecule has 0 atom stereocenters. The Kier molecular flexibility index (Phi) is 5.23. The summed E-state index contributed by atoms with van der Waals surface area (Å²) in [6.45, 7) is 8.27. The number of likely N-dealkylation sites (tertiary alicyclic amines) is 1. The number of hydrogen-bond donors (Lipinski definition) is 1. The second-order valence-electron chi connectivity index (χ2n) is 6.68. The fourth-order valence-corrected chi connectivity index (χ4v) is 2.44. The van der Waals surface area contributed by atoms with Crippen molar-refractivity contribution in [1.29, 1.82) is 0 Å². The first kappa shape index (κ1) is 17.2. The summed E-state index contributed by atoms with van der Waals surface area (Å²) in [4.78, 5) is 29.7. The van der Waals surface area contributed by atoms with Crippen molar-refractivity contribution in [2.75, 3.05) is 19.6 Å². The van der Waals surface area contributed by atoms with Gasteiger partial charge in [0.05, 0.1) is 0 Å². The van der Waals surface area contributed by atoms with Crippen molar-refractivity contribution in [2.45, 2.75) is 52.1 Å². The third-order valence-corrected chi connectivity index (χ3v) is 3.54. The summed E-state index contributed by atoms with van der Waals surface area (Å²) < 4.78 is 10.1. The van der Waals surface area contributed by atoms with Crippen LogP contribution in [-0.2, 0) is 9.53 Å². The van der Waals surface area contributed by atoms with Crippen LogP contribution >= 0.6 is 0 Å². The van der Waals surface area contributed by atoms with Crippen LogP contribution < -0.4 is 5.32 Å². The van der Waals surface area contributed by atoms with Crippen molar-refractivity contribution in [3.8, 4) is 0 Å². The predicted molar refractivity (Wildman–Crippen MR) is 81.8 cm³/mol. The van der Waals surface area contributed by atoms with Crippen LogP contribution in [0.4, 0.5) is 4.79 Å². The fraction of sp³-hybridized carbons (Fsp3) is 0.733. The Labute approximate surface area is 135 Å². The Balaban J connectivity index is 1.74. The zero-order chi connectivity index (χ0) is 17.0. The van der Waals surface area contributed by atoms with Crippen LogP contribution in [0.1, 0.15) is 51.2 Å². The lowest BCUT2D eigenvalue weighted by molar-refractivity contribution is -0.131. The van der Waals surface area contributed by atoms with Crippen molar-refractivity contribution in [3.63, 3.8) is 0 Å². The molecular formula is C15H24N4O4. The number of aromatic nitrogens is 2. The maximum Gasteiger partial charge on any atom is 0.408 e. The van der Waals surface area contributed by atoms with Crippen molar-refractivity contribution >= 4 is 12.0 Å². The molecule has 2 heterocycles. The maximum atomic E-state index is 12.1. The van der Waals surface area contributed by atoms with Gasteiger partial charge in [0.1, 0.15) is 12.1 Å². The average molecular weight is 324 g/mol. The number of ether oxygens (including phenoxy) is 1. The molecule has 1 aliphatic rings. The Morgan fingerprint density at radius 2 is 2.00 bits per heavy atom. The molecule has 0 aromatic carbocycles. The van der Waals surface area contributed by atoms with Gasteiger partial charge in [-0.05, 0) is 33.6 Å². The molecule has 23 heavy (non-hydrogen) atoms. The molecule has 1 aromatic heterocycles. The number of hydrogen-bond acceptors (Lipinski definition) is 6. The number of aryl methyl sites for hydroxylation is 1.